The number of aromatic nitrogens is 2. The van der Waals surface area contributed by atoms with Crippen LogP contribution in [0, 0.1) is 0 Å². The summed E-state index contributed by atoms with van der Waals surface area (Å²) in [5, 5.41) is 11.6. The van der Waals surface area contributed by atoms with Crippen LogP contribution in [0.5, 0.6) is 0 Å². The van der Waals surface area contributed by atoms with E-state index in [1.165, 1.54) is 12.1 Å². The molecule has 1 N–H and O–H groups in total. The lowest BCUT2D eigenvalue weighted by atomic mass is 10.2. The number of hydrogen-bond donors (Lipinski definition) is 1. The van der Waals surface area contributed by atoms with Crippen molar-refractivity contribution < 1.29 is 22.0 Å². The molecule has 0 saturated carbocycles. The summed E-state index contributed by atoms with van der Waals surface area (Å²) >= 11 is 0. The maximum atomic E-state index is 12.7. The van der Waals surface area contributed by atoms with Crippen molar-refractivity contribution in [2.75, 3.05) is 5.32 Å². The summed E-state index contributed by atoms with van der Waals surface area (Å²) in [6.45, 7) is 0.0918. The van der Waals surface area contributed by atoms with E-state index in [-0.39, 0.29) is 18.3 Å². The fraction of sp³-hybridized carbons (Fsp3) is 0.111. The van der Waals surface area contributed by atoms with Gasteiger partial charge in [-0.05, 0) is 30.3 Å². The van der Waals surface area contributed by atoms with E-state index >= 15 is 0 Å². The second kappa shape index (κ2) is 6.21. The van der Waals surface area contributed by atoms with Crippen molar-refractivity contribution in [2.24, 2.45) is 0 Å². The molecular formula is C18H12F3N3O2. The number of alkyl halides is 3. The predicted octanol–water partition coefficient (Wildman–Crippen LogP) is 5.11. The highest BCUT2D eigenvalue weighted by molar-refractivity contribution is 5.81. The Morgan fingerprint density at radius 1 is 0.923 bits per heavy atom. The highest BCUT2D eigenvalue weighted by Gasteiger charge is 2.30. The zero-order valence-corrected chi connectivity index (χ0v) is 13.2. The number of nitrogens with one attached hydrogen (secondary N) is 1. The molecule has 0 aliphatic rings. The number of hydrogen-bond acceptors (Lipinski definition) is 5. The molecule has 4 rings (SSSR count). The molecule has 132 valence electrons. The molecule has 26 heavy (non-hydrogen) atoms. The molecule has 0 spiro atoms. The number of furan rings is 1. The maximum absolute atomic E-state index is 12.7. The van der Waals surface area contributed by atoms with Gasteiger partial charge in [-0.2, -0.15) is 13.2 Å². The minimum Gasteiger partial charge on any atom is -0.451 e. The minimum absolute atomic E-state index is 0.0918. The zero-order chi connectivity index (χ0) is 18.1. The Hall–Kier alpha value is -3.29. The SMILES string of the molecule is FC(F)(F)c1cccc(NCc2nnc(-c3cc4ccccc4o3)o2)c1. The molecule has 0 atom stereocenters. The Labute approximate surface area is 145 Å². The third-order valence-electron chi connectivity index (χ3n) is 3.74. The van der Waals surface area contributed by atoms with E-state index in [9.17, 15) is 13.2 Å². The van der Waals surface area contributed by atoms with Crippen molar-refractivity contribution in [2.45, 2.75) is 12.7 Å². The van der Waals surface area contributed by atoms with Gasteiger partial charge in [-0.25, -0.2) is 0 Å². The quantitative estimate of drug-likeness (QED) is 0.548. The average molecular weight is 359 g/mol. The van der Waals surface area contributed by atoms with Crippen LogP contribution in [0.25, 0.3) is 22.6 Å². The van der Waals surface area contributed by atoms with Gasteiger partial charge < -0.3 is 14.2 Å². The van der Waals surface area contributed by atoms with Gasteiger partial charge in [0.15, 0.2) is 5.76 Å². The first kappa shape index (κ1) is 16.2. The zero-order valence-electron chi connectivity index (χ0n) is 13.2. The fourth-order valence-electron chi connectivity index (χ4n) is 2.50. The summed E-state index contributed by atoms with van der Waals surface area (Å²) in [6.07, 6.45) is -4.39. The third kappa shape index (κ3) is 3.26. The number of para-hydroxylation sites is 1. The van der Waals surface area contributed by atoms with Gasteiger partial charge in [0.05, 0.1) is 12.1 Å². The lowest BCUT2D eigenvalue weighted by Crippen LogP contribution is -2.06. The van der Waals surface area contributed by atoms with E-state index in [1.54, 1.807) is 6.07 Å². The highest BCUT2D eigenvalue weighted by atomic mass is 19.4. The van der Waals surface area contributed by atoms with Crippen molar-refractivity contribution in [3.63, 3.8) is 0 Å². The summed E-state index contributed by atoms with van der Waals surface area (Å²) in [5.74, 6) is 0.879. The number of anilines is 1. The molecular weight excluding hydrogens is 347 g/mol. The molecule has 0 saturated heterocycles. The molecule has 8 heteroatoms. The van der Waals surface area contributed by atoms with E-state index < -0.39 is 11.7 Å². The van der Waals surface area contributed by atoms with Gasteiger partial charge >= 0.3 is 6.18 Å². The van der Waals surface area contributed by atoms with E-state index in [4.69, 9.17) is 8.83 Å². The van der Waals surface area contributed by atoms with E-state index in [0.29, 0.717) is 17.0 Å². The lowest BCUT2D eigenvalue weighted by molar-refractivity contribution is -0.137. The molecule has 2 aromatic carbocycles. The van der Waals surface area contributed by atoms with Crippen molar-refractivity contribution in [3.05, 3.63) is 66.1 Å². The second-order valence-electron chi connectivity index (χ2n) is 5.58. The Kier molecular flexibility index (Phi) is 3.87. The van der Waals surface area contributed by atoms with Gasteiger partial charge in [0.25, 0.3) is 5.89 Å². The number of nitrogens with zero attached hydrogens (tertiary/aromatic N) is 2. The minimum atomic E-state index is -4.39. The summed E-state index contributed by atoms with van der Waals surface area (Å²) in [5.41, 5.74) is 0.281. The number of benzene rings is 2. The molecule has 2 heterocycles. The molecule has 4 aromatic rings. The molecule has 0 radical (unpaired) electrons. The van der Waals surface area contributed by atoms with E-state index in [1.807, 2.05) is 24.3 Å². The van der Waals surface area contributed by atoms with E-state index in [2.05, 4.69) is 15.5 Å². The monoisotopic (exact) mass is 359 g/mol. The first-order valence-electron chi connectivity index (χ1n) is 7.71. The average Bonchev–Trinajstić information content (AvgIpc) is 3.26. The van der Waals surface area contributed by atoms with Crippen molar-refractivity contribution in [1.82, 2.24) is 10.2 Å². The summed E-state index contributed by atoms with van der Waals surface area (Å²) < 4.78 is 49.4. The first-order valence-corrected chi connectivity index (χ1v) is 7.71. The van der Waals surface area contributed by atoms with Gasteiger partial charge in [-0.15, -0.1) is 10.2 Å². The standard InChI is InChI=1S/C18H12F3N3O2/c19-18(20,21)12-5-3-6-13(9-12)22-10-16-23-24-17(26-16)15-8-11-4-1-2-7-14(11)25-15/h1-9,22H,10H2. The van der Waals surface area contributed by atoms with Crippen molar-refractivity contribution >= 4 is 16.7 Å². The Balaban J connectivity index is 1.49. The van der Waals surface area contributed by atoms with E-state index in [0.717, 1.165) is 17.5 Å². The van der Waals surface area contributed by atoms with Crippen LogP contribution in [0.4, 0.5) is 18.9 Å². The second-order valence-corrected chi connectivity index (χ2v) is 5.58. The van der Waals surface area contributed by atoms with Gasteiger partial charge in [-0.3, -0.25) is 0 Å². The van der Waals surface area contributed by atoms with Gasteiger partial charge in [-0.1, -0.05) is 24.3 Å². The summed E-state index contributed by atoms with van der Waals surface area (Å²) in [7, 11) is 0. The summed E-state index contributed by atoms with van der Waals surface area (Å²) in [6, 6.07) is 14.2. The van der Waals surface area contributed by atoms with Crippen LogP contribution in [0.3, 0.4) is 0 Å². The normalized spacial score (nSPS) is 11.8. The number of halogens is 3. The fourth-order valence-corrected chi connectivity index (χ4v) is 2.50. The van der Waals surface area contributed by atoms with Gasteiger partial charge in [0.2, 0.25) is 5.89 Å². The van der Waals surface area contributed by atoms with Crippen LogP contribution >= 0.6 is 0 Å². The van der Waals surface area contributed by atoms with Crippen LogP contribution < -0.4 is 5.32 Å². The molecule has 2 aromatic heterocycles. The number of rotatable bonds is 4. The largest absolute Gasteiger partial charge is 0.451 e. The van der Waals surface area contributed by atoms with Crippen LogP contribution in [0.15, 0.2) is 63.4 Å². The molecule has 5 nitrogen and oxygen atoms in total. The molecule has 0 aliphatic carbocycles. The lowest BCUT2D eigenvalue weighted by Gasteiger charge is -2.09. The highest BCUT2D eigenvalue weighted by Crippen LogP contribution is 2.31. The summed E-state index contributed by atoms with van der Waals surface area (Å²) in [4.78, 5) is 0. The smallest absolute Gasteiger partial charge is 0.416 e. The molecule has 0 bridgehead atoms. The Bertz CT molecular complexity index is 1020. The van der Waals surface area contributed by atoms with Gasteiger partial charge in [0.1, 0.15) is 5.58 Å². The predicted molar refractivity (Wildman–Crippen MR) is 88.3 cm³/mol. The maximum Gasteiger partial charge on any atom is 0.416 e. The molecule has 0 unspecified atom stereocenters. The van der Waals surface area contributed by atoms with Crippen LogP contribution in [-0.4, -0.2) is 10.2 Å². The van der Waals surface area contributed by atoms with Crippen LogP contribution in [-0.2, 0) is 12.7 Å². The molecule has 0 aliphatic heterocycles. The van der Waals surface area contributed by atoms with Crippen molar-refractivity contribution in [1.29, 1.82) is 0 Å². The first-order chi connectivity index (χ1) is 12.5. The van der Waals surface area contributed by atoms with Gasteiger partial charge in [0, 0.05) is 11.1 Å². The Morgan fingerprint density at radius 3 is 2.58 bits per heavy atom. The van der Waals surface area contributed by atoms with Crippen molar-refractivity contribution in [3.8, 4) is 11.7 Å². The number of fused-ring (bicyclic) bond motifs is 1. The molecule has 0 amide bonds. The molecule has 0 fully saturated rings. The van der Waals surface area contributed by atoms with Crippen LogP contribution in [0.2, 0.25) is 0 Å². The van der Waals surface area contributed by atoms with Crippen LogP contribution in [0.1, 0.15) is 11.5 Å². The third-order valence-corrected chi connectivity index (χ3v) is 3.74. The topological polar surface area (TPSA) is 64.1 Å². The Morgan fingerprint density at radius 2 is 1.77 bits per heavy atom.